The van der Waals surface area contributed by atoms with Crippen LogP contribution in [0.1, 0.15) is 83.9 Å². The number of hydrogen-bond acceptors (Lipinski definition) is 7. The Morgan fingerprint density at radius 3 is 2.44 bits per heavy atom. The van der Waals surface area contributed by atoms with Gasteiger partial charge >= 0.3 is 6.09 Å². The molecule has 1 amide bonds. The fraction of sp³-hybridized carbons (Fsp3) is 0.680. The van der Waals surface area contributed by atoms with Crippen LogP contribution in [-0.4, -0.2) is 44.6 Å². The number of anilines is 1. The monoisotopic (exact) mass is 616 g/mol. The molecule has 4 fully saturated rings. The standard InChI is InChI=1S/C25H31F2IN4O4/c1-22(2,27)20-30-19(31-36-20)25-7-4-24(5-8-25,6-9-25)14-32(18-10-17(28)16(26)13-29-18)21(33)35-15-11-23(3,34)12-15/h10,13,15,34H,4-9,11-12,14H2,1-3H3. The number of nitrogens with zero attached hydrogens (tertiary/aromatic N) is 4. The molecule has 8 nitrogen and oxygen atoms in total. The molecule has 6 rings (SSSR count). The molecule has 0 atom stereocenters. The molecule has 0 radical (unpaired) electrons. The Labute approximate surface area is 222 Å². The van der Waals surface area contributed by atoms with E-state index < -0.39 is 23.2 Å². The van der Waals surface area contributed by atoms with Crippen molar-refractivity contribution < 1.29 is 27.9 Å². The molecular weight excluding hydrogens is 585 g/mol. The maximum absolute atomic E-state index is 14.3. The molecule has 0 aliphatic heterocycles. The van der Waals surface area contributed by atoms with Gasteiger partial charge in [-0.25, -0.2) is 18.6 Å². The van der Waals surface area contributed by atoms with Crippen LogP contribution in [0.3, 0.4) is 0 Å². The van der Waals surface area contributed by atoms with Gasteiger partial charge in [-0.05, 0) is 93.4 Å². The van der Waals surface area contributed by atoms with Gasteiger partial charge in [-0.3, -0.25) is 4.90 Å². The molecule has 2 bridgehead atoms. The summed E-state index contributed by atoms with van der Waals surface area (Å²) < 4.78 is 39.5. The summed E-state index contributed by atoms with van der Waals surface area (Å²) in [6, 6.07) is 1.56. The average Bonchev–Trinajstić information content (AvgIpc) is 3.31. The van der Waals surface area contributed by atoms with Gasteiger partial charge in [0.15, 0.2) is 17.3 Å². The van der Waals surface area contributed by atoms with Crippen molar-refractivity contribution in [3.63, 3.8) is 0 Å². The normalized spacial score (nSPS) is 31.7. The molecule has 0 aromatic carbocycles. The fourth-order valence-corrected chi connectivity index (χ4v) is 6.27. The first-order chi connectivity index (χ1) is 16.8. The molecule has 0 spiro atoms. The molecule has 2 heterocycles. The Morgan fingerprint density at radius 1 is 1.28 bits per heavy atom. The zero-order chi connectivity index (χ0) is 25.9. The highest BCUT2D eigenvalue weighted by Gasteiger charge is 2.53. The third-order valence-electron chi connectivity index (χ3n) is 8.20. The van der Waals surface area contributed by atoms with E-state index in [1.54, 1.807) is 13.0 Å². The average molecular weight is 616 g/mol. The number of aromatic nitrogens is 3. The lowest BCUT2D eigenvalue weighted by atomic mass is 9.53. The highest BCUT2D eigenvalue weighted by Crippen LogP contribution is 2.57. The zero-order valence-electron chi connectivity index (χ0n) is 20.7. The van der Waals surface area contributed by atoms with Gasteiger partial charge in [-0.2, -0.15) is 4.98 Å². The van der Waals surface area contributed by atoms with Gasteiger partial charge < -0.3 is 14.4 Å². The molecule has 2 aromatic heterocycles. The fourth-order valence-electron chi connectivity index (χ4n) is 5.85. The van der Waals surface area contributed by atoms with Gasteiger partial charge in [0.1, 0.15) is 11.9 Å². The summed E-state index contributed by atoms with van der Waals surface area (Å²) in [5, 5.41) is 14.2. The number of ether oxygens (including phenoxy) is 1. The predicted octanol–water partition coefficient (Wildman–Crippen LogP) is 5.56. The highest BCUT2D eigenvalue weighted by atomic mass is 127. The molecule has 4 aliphatic carbocycles. The Bertz CT molecular complexity index is 1130. The lowest BCUT2D eigenvalue weighted by Crippen LogP contribution is -2.53. The van der Waals surface area contributed by atoms with Crippen molar-refractivity contribution in [3.05, 3.63) is 33.4 Å². The molecule has 1 N–H and O–H groups in total. The number of carbonyl (C=O) groups is 1. The molecule has 0 saturated heterocycles. The third kappa shape index (κ3) is 4.84. The summed E-state index contributed by atoms with van der Waals surface area (Å²) in [6.45, 7) is 4.92. The van der Waals surface area contributed by atoms with E-state index >= 15 is 0 Å². The van der Waals surface area contributed by atoms with Crippen LogP contribution in [0.5, 0.6) is 0 Å². The van der Waals surface area contributed by atoms with E-state index in [1.165, 1.54) is 18.7 Å². The summed E-state index contributed by atoms with van der Waals surface area (Å²) >= 11 is 1.89. The SMILES string of the molecule is CC1(O)CC(OC(=O)N(CC23CCC(c4noc(C(C)(C)F)n4)(CC2)CC3)c2cc(I)c(F)cn2)C1. The maximum Gasteiger partial charge on any atom is 0.415 e. The molecule has 11 heteroatoms. The highest BCUT2D eigenvalue weighted by molar-refractivity contribution is 14.1. The topological polar surface area (TPSA) is 102 Å². The van der Waals surface area contributed by atoms with Gasteiger partial charge in [0.2, 0.25) is 0 Å². The van der Waals surface area contributed by atoms with Crippen LogP contribution < -0.4 is 4.90 Å². The molecular formula is C25H31F2IN4O4. The number of hydrogen-bond donors (Lipinski definition) is 1. The summed E-state index contributed by atoms with van der Waals surface area (Å²) in [4.78, 5) is 23.4. The number of amides is 1. The van der Waals surface area contributed by atoms with E-state index in [-0.39, 0.29) is 22.8 Å². The second-order valence-corrected chi connectivity index (χ2v) is 12.8. The molecule has 196 valence electrons. The van der Waals surface area contributed by atoms with E-state index in [4.69, 9.17) is 9.26 Å². The summed E-state index contributed by atoms with van der Waals surface area (Å²) in [7, 11) is 0. The van der Waals surface area contributed by atoms with Crippen molar-refractivity contribution in [3.8, 4) is 0 Å². The molecule has 2 aromatic rings. The number of pyridine rings is 1. The number of rotatable bonds is 6. The Morgan fingerprint density at radius 2 is 1.92 bits per heavy atom. The lowest BCUT2D eigenvalue weighted by molar-refractivity contribution is -0.102. The minimum atomic E-state index is -1.69. The van der Waals surface area contributed by atoms with Gasteiger partial charge in [-0.15, -0.1) is 0 Å². The number of halogens is 3. The van der Waals surface area contributed by atoms with Gasteiger partial charge in [0.25, 0.3) is 5.89 Å². The van der Waals surface area contributed by atoms with Crippen molar-refractivity contribution in [1.29, 1.82) is 0 Å². The smallest absolute Gasteiger partial charge is 0.415 e. The quantitative estimate of drug-likeness (QED) is 0.424. The van der Waals surface area contributed by atoms with E-state index in [2.05, 4.69) is 15.1 Å². The van der Waals surface area contributed by atoms with Gasteiger partial charge in [-0.1, -0.05) is 5.16 Å². The lowest BCUT2D eigenvalue weighted by Gasteiger charge is -2.53. The van der Waals surface area contributed by atoms with Gasteiger partial charge in [0.05, 0.1) is 15.4 Å². The summed E-state index contributed by atoms with van der Waals surface area (Å²) in [6.07, 6.45) is 5.91. The third-order valence-corrected chi connectivity index (χ3v) is 9.02. The van der Waals surface area contributed by atoms with Crippen LogP contribution in [0.25, 0.3) is 0 Å². The predicted molar refractivity (Wildman–Crippen MR) is 135 cm³/mol. The second-order valence-electron chi connectivity index (χ2n) is 11.6. The number of alkyl halides is 1. The molecule has 0 unspecified atom stereocenters. The summed E-state index contributed by atoms with van der Waals surface area (Å²) in [5.41, 5.74) is -2.91. The van der Waals surface area contributed by atoms with Crippen molar-refractivity contribution in [2.24, 2.45) is 5.41 Å². The first-order valence-corrected chi connectivity index (χ1v) is 13.4. The van der Waals surface area contributed by atoms with E-state index in [0.717, 1.165) is 44.7 Å². The van der Waals surface area contributed by atoms with Crippen molar-refractivity contribution >= 4 is 34.5 Å². The molecule has 4 saturated carbocycles. The van der Waals surface area contributed by atoms with Crippen LogP contribution in [0.15, 0.2) is 16.8 Å². The summed E-state index contributed by atoms with van der Waals surface area (Å²) in [5.74, 6) is 0.466. The van der Waals surface area contributed by atoms with Crippen molar-refractivity contribution in [2.45, 2.75) is 94.9 Å². The zero-order valence-corrected chi connectivity index (χ0v) is 22.8. The van der Waals surface area contributed by atoms with Crippen molar-refractivity contribution in [2.75, 3.05) is 11.4 Å². The maximum atomic E-state index is 14.3. The Kier molecular flexibility index (Phi) is 6.33. The van der Waals surface area contributed by atoms with E-state index in [9.17, 15) is 18.7 Å². The van der Waals surface area contributed by atoms with E-state index in [0.29, 0.717) is 34.6 Å². The van der Waals surface area contributed by atoms with Crippen LogP contribution in [0.2, 0.25) is 0 Å². The first kappa shape index (κ1) is 25.7. The van der Waals surface area contributed by atoms with Crippen molar-refractivity contribution in [1.82, 2.24) is 15.1 Å². The van der Waals surface area contributed by atoms with Crippen LogP contribution in [-0.2, 0) is 15.8 Å². The van der Waals surface area contributed by atoms with E-state index in [1.807, 2.05) is 22.6 Å². The molecule has 4 aliphatic rings. The minimum absolute atomic E-state index is 0.00448. The number of fused-ring (bicyclic) bond motifs is 3. The Hall–Kier alpha value is -1.89. The number of carbonyl (C=O) groups excluding carboxylic acids is 1. The van der Waals surface area contributed by atoms with Crippen LogP contribution in [0, 0.1) is 14.8 Å². The van der Waals surface area contributed by atoms with Gasteiger partial charge in [0, 0.05) is 24.8 Å². The minimum Gasteiger partial charge on any atom is -0.446 e. The first-order valence-electron chi connectivity index (χ1n) is 12.4. The Balaban J connectivity index is 1.34. The second kappa shape index (κ2) is 8.85. The van der Waals surface area contributed by atoms with Crippen LogP contribution in [0.4, 0.5) is 19.4 Å². The van der Waals surface area contributed by atoms with Crippen LogP contribution >= 0.6 is 22.6 Å². The number of aliphatic hydroxyl groups is 1. The largest absolute Gasteiger partial charge is 0.446 e. The molecule has 36 heavy (non-hydrogen) atoms.